The third-order valence-electron chi connectivity index (χ3n) is 2.56. The van der Waals surface area contributed by atoms with E-state index in [9.17, 15) is 14.5 Å². The summed E-state index contributed by atoms with van der Waals surface area (Å²) in [5, 5.41) is 14.1. The first-order chi connectivity index (χ1) is 9.45. The predicted molar refractivity (Wildman–Crippen MR) is 76.8 cm³/mol. The second-order valence-corrected chi connectivity index (χ2v) is 4.90. The van der Waals surface area contributed by atoms with Crippen LogP contribution in [0.4, 0.5) is 15.8 Å². The third kappa shape index (κ3) is 3.59. The van der Waals surface area contributed by atoms with Gasteiger partial charge in [0, 0.05) is 23.3 Å². The van der Waals surface area contributed by atoms with Crippen LogP contribution in [0.15, 0.2) is 36.4 Å². The van der Waals surface area contributed by atoms with Crippen LogP contribution in [0.5, 0.6) is 0 Å². The number of hydrogen-bond acceptors (Lipinski definition) is 3. The third-order valence-corrected chi connectivity index (χ3v) is 3.10. The smallest absolute Gasteiger partial charge is 0.289 e. The van der Waals surface area contributed by atoms with Gasteiger partial charge in [0.15, 0.2) is 0 Å². The molecule has 0 atom stereocenters. The number of rotatable bonds is 4. The molecule has 20 heavy (non-hydrogen) atoms. The highest BCUT2D eigenvalue weighted by molar-refractivity contribution is 6.32. The quantitative estimate of drug-likeness (QED) is 0.660. The van der Waals surface area contributed by atoms with Gasteiger partial charge in [-0.05, 0) is 35.9 Å². The largest absolute Gasteiger partial charge is 0.381 e. The number of benzene rings is 2. The van der Waals surface area contributed by atoms with Crippen LogP contribution in [-0.4, -0.2) is 4.92 Å². The van der Waals surface area contributed by atoms with E-state index in [1.54, 1.807) is 12.1 Å². The van der Waals surface area contributed by atoms with Crippen molar-refractivity contribution >= 4 is 34.6 Å². The van der Waals surface area contributed by atoms with E-state index in [0.29, 0.717) is 16.3 Å². The van der Waals surface area contributed by atoms with Crippen molar-refractivity contribution in [1.29, 1.82) is 0 Å². The number of hydrogen-bond donors (Lipinski definition) is 1. The Labute approximate surface area is 124 Å². The lowest BCUT2D eigenvalue weighted by Crippen LogP contribution is -2.01. The SMILES string of the molecule is O=[N+]([O-])c1cc(NCc2cc(F)cc(Cl)c2)ccc1Cl. The zero-order valence-electron chi connectivity index (χ0n) is 10.1. The van der Waals surface area contributed by atoms with E-state index in [1.165, 1.54) is 24.3 Å². The molecule has 0 bridgehead atoms. The fourth-order valence-corrected chi connectivity index (χ4v) is 2.11. The lowest BCUT2D eigenvalue weighted by molar-refractivity contribution is -0.384. The Morgan fingerprint density at radius 2 is 1.95 bits per heavy atom. The minimum Gasteiger partial charge on any atom is -0.381 e. The van der Waals surface area contributed by atoms with Crippen molar-refractivity contribution in [2.24, 2.45) is 0 Å². The highest BCUT2D eigenvalue weighted by Crippen LogP contribution is 2.27. The average Bonchev–Trinajstić information content (AvgIpc) is 2.36. The Kier molecular flexibility index (Phi) is 4.42. The maximum atomic E-state index is 13.2. The minimum atomic E-state index is -0.563. The van der Waals surface area contributed by atoms with Crippen LogP contribution in [0, 0.1) is 15.9 Å². The van der Waals surface area contributed by atoms with Gasteiger partial charge in [-0.3, -0.25) is 10.1 Å². The van der Waals surface area contributed by atoms with Gasteiger partial charge >= 0.3 is 0 Å². The molecule has 0 unspecified atom stereocenters. The van der Waals surface area contributed by atoms with Crippen LogP contribution >= 0.6 is 23.2 Å². The molecule has 0 spiro atoms. The number of nitro groups is 1. The molecule has 1 N–H and O–H groups in total. The van der Waals surface area contributed by atoms with Crippen molar-refractivity contribution in [1.82, 2.24) is 0 Å². The van der Waals surface area contributed by atoms with Crippen LogP contribution in [-0.2, 0) is 6.54 Å². The summed E-state index contributed by atoms with van der Waals surface area (Å²) in [5.41, 5.74) is 0.961. The summed E-state index contributed by atoms with van der Waals surface area (Å²) in [5.74, 6) is -0.434. The number of nitrogens with zero attached hydrogens (tertiary/aromatic N) is 1. The van der Waals surface area contributed by atoms with Crippen molar-refractivity contribution < 1.29 is 9.31 Å². The summed E-state index contributed by atoms with van der Waals surface area (Å²) in [4.78, 5) is 10.2. The Bertz CT molecular complexity index is 645. The van der Waals surface area contributed by atoms with Crippen LogP contribution in [0.1, 0.15) is 5.56 Å². The second kappa shape index (κ2) is 6.07. The monoisotopic (exact) mass is 314 g/mol. The lowest BCUT2D eigenvalue weighted by Gasteiger charge is -2.07. The maximum Gasteiger partial charge on any atom is 0.289 e. The molecule has 2 aromatic carbocycles. The van der Waals surface area contributed by atoms with E-state index >= 15 is 0 Å². The summed E-state index contributed by atoms with van der Waals surface area (Å²) in [6.07, 6.45) is 0. The number of nitrogens with one attached hydrogen (secondary N) is 1. The zero-order valence-corrected chi connectivity index (χ0v) is 11.6. The maximum absolute atomic E-state index is 13.2. The molecule has 7 heteroatoms. The van der Waals surface area contributed by atoms with Crippen molar-refractivity contribution in [3.05, 3.63) is 67.9 Å². The Morgan fingerprint density at radius 3 is 2.60 bits per heavy atom. The fraction of sp³-hybridized carbons (Fsp3) is 0.0769. The summed E-state index contributed by atoms with van der Waals surface area (Å²) >= 11 is 11.5. The van der Waals surface area contributed by atoms with Crippen LogP contribution in [0.25, 0.3) is 0 Å². The summed E-state index contributed by atoms with van der Waals surface area (Å²) in [6, 6.07) is 8.52. The molecule has 2 aromatic rings. The Morgan fingerprint density at radius 1 is 1.20 bits per heavy atom. The Balaban J connectivity index is 2.14. The molecule has 2 rings (SSSR count). The van der Waals surface area contributed by atoms with E-state index in [2.05, 4.69) is 5.32 Å². The summed E-state index contributed by atoms with van der Waals surface area (Å²) < 4.78 is 13.2. The number of anilines is 1. The van der Waals surface area contributed by atoms with Gasteiger partial charge in [-0.15, -0.1) is 0 Å². The van der Waals surface area contributed by atoms with Gasteiger partial charge in [-0.25, -0.2) is 4.39 Å². The lowest BCUT2D eigenvalue weighted by atomic mass is 10.2. The molecule has 4 nitrogen and oxygen atoms in total. The molecule has 104 valence electrons. The summed E-state index contributed by atoms with van der Waals surface area (Å²) in [6.45, 7) is 0.288. The van der Waals surface area contributed by atoms with E-state index in [-0.39, 0.29) is 17.3 Å². The minimum absolute atomic E-state index is 0.0642. The first kappa shape index (κ1) is 14.6. The van der Waals surface area contributed by atoms with Crippen LogP contribution in [0.2, 0.25) is 10.0 Å². The van der Waals surface area contributed by atoms with Crippen LogP contribution < -0.4 is 5.32 Å². The second-order valence-electron chi connectivity index (χ2n) is 4.05. The van der Waals surface area contributed by atoms with Gasteiger partial charge in [-0.2, -0.15) is 0 Å². The number of halogens is 3. The molecule has 0 saturated heterocycles. The molecular formula is C13H9Cl2FN2O2. The average molecular weight is 315 g/mol. The molecule has 0 saturated carbocycles. The van der Waals surface area contributed by atoms with Crippen molar-refractivity contribution in [3.63, 3.8) is 0 Å². The molecule has 0 fully saturated rings. The van der Waals surface area contributed by atoms with Gasteiger partial charge in [0.1, 0.15) is 10.8 Å². The van der Waals surface area contributed by atoms with Crippen molar-refractivity contribution in [3.8, 4) is 0 Å². The molecule has 0 aliphatic rings. The molecule has 0 aliphatic heterocycles. The van der Waals surface area contributed by atoms with Gasteiger partial charge < -0.3 is 5.32 Å². The van der Waals surface area contributed by atoms with E-state index in [1.807, 2.05) is 0 Å². The summed E-state index contributed by atoms with van der Waals surface area (Å²) in [7, 11) is 0. The predicted octanol–water partition coefficient (Wildman–Crippen LogP) is 4.65. The van der Waals surface area contributed by atoms with Gasteiger partial charge in [-0.1, -0.05) is 23.2 Å². The molecular weight excluding hydrogens is 306 g/mol. The van der Waals surface area contributed by atoms with Crippen LogP contribution in [0.3, 0.4) is 0 Å². The standard InChI is InChI=1S/C13H9Cl2FN2O2/c14-9-3-8(4-10(16)5-9)7-17-11-1-2-12(15)13(6-11)18(19)20/h1-6,17H,7H2. The Hall–Kier alpha value is -1.85. The molecule has 0 heterocycles. The topological polar surface area (TPSA) is 55.2 Å². The number of nitro benzene ring substituents is 1. The van der Waals surface area contributed by atoms with Gasteiger partial charge in [0.25, 0.3) is 5.69 Å². The van der Waals surface area contributed by atoms with E-state index in [4.69, 9.17) is 23.2 Å². The van der Waals surface area contributed by atoms with Crippen molar-refractivity contribution in [2.75, 3.05) is 5.32 Å². The highest BCUT2D eigenvalue weighted by atomic mass is 35.5. The van der Waals surface area contributed by atoms with E-state index in [0.717, 1.165) is 0 Å². The normalized spacial score (nSPS) is 10.3. The molecule has 0 radical (unpaired) electrons. The first-order valence-corrected chi connectivity index (χ1v) is 6.34. The van der Waals surface area contributed by atoms with E-state index < -0.39 is 10.7 Å². The fourth-order valence-electron chi connectivity index (χ4n) is 1.68. The van der Waals surface area contributed by atoms with Gasteiger partial charge in [0.2, 0.25) is 0 Å². The molecule has 0 amide bonds. The first-order valence-electron chi connectivity index (χ1n) is 5.58. The highest BCUT2D eigenvalue weighted by Gasteiger charge is 2.12. The van der Waals surface area contributed by atoms with Crippen molar-refractivity contribution in [2.45, 2.75) is 6.54 Å². The molecule has 0 aliphatic carbocycles. The zero-order chi connectivity index (χ0) is 14.7. The van der Waals surface area contributed by atoms with Gasteiger partial charge in [0.05, 0.1) is 4.92 Å². The molecule has 0 aromatic heterocycles.